The standard InChI is InChI=1S/C21H19BN3O4/c1-14-12-18(23-13-16-4-2-3-5-20(16)29-22-28)10-11-19(14)25-24-17-8-6-15(7-9-17)21(26)27/h2-12,23,28H,13H2,1H3,(H,26,27). The summed E-state index contributed by atoms with van der Waals surface area (Å²) >= 11 is 0. The topological polar surface area (TPSA) is 104 Å². The molecule has 3 aromatic rings. The first-order chi connectivity index (χ1) is 14.1. The first kappa shape index (κ1) is 20.1. The summed E-state index contributed by atoms with van der Waals surface area (Å²) in [6, 6.07) is 19.4. The second-order valence-electron chi connectivity index (χ2n) is 6.24. The Hall–Kier alpha value is -3.65. The van der Waals surface area contributed by atoms with Gasteiger partial charge in [-0.2, -0.15) is 10.2 Å². The number of carbonyl (C=O) groups is 1. The van der Waals surface area contributed by atoms with E-state index in [-0.39, 0.29) is 5.56 Å². The molecule has 29 heavy (non-hydrogen) atoms. The minimum atomic E-state index is -0.976. The number of para-hydroxylation sites is 1. The van der Waals surface area contributed by atoms with E-state index >= 15 is 0 Å². The average Bonchev–Trinajstić information content (AvgIpc) is 2.73. The number of nitrogens with one attached hydrogen (secondary N) is 1. The Morgan fingerprint density at radius 2 is 1.83 bits per heavy atom. The molecule has 0 fully saturated rings. The maximum atomic E-state index is 10.9. The lowest BCUT2D eigenvalue weighted by Gasteiger charge is -2.12. The van der Waals surface area contributed by atoms with Crippen LogP contribution in [0, 0.1) is 6.92 Å². The van der Waals surface area contributed by atoms with E-state index in [2.05, 4.69) is 15.5 Å². The van der Waals surface area contributed by atoms with E-state index in [1.165, 1.54) is 12.1 Å². The molecule has 0 heterocycles. The zero-order valence-corrected chi connectivity index (χ0v) is 15.7. The van der Waals surface area contributed by atoms with Crippen molar-refractivity contribution in [2.75, 3.05) is 5.32 Å². The Kier molecular flexibility index (Phi) is 6.60. The zero-order chi connectivity index (χ0) is 20.6. The maximum absolute atomic E-state index is 10.9. The van der Waals surface area contributed by atoms with Crippen molar-refractivity contribution in [2.45, 2.75) is 13.5 Å². The van der Waals surface area contributed by atoms with Crippen molar-refractivity contribution in [2.24, 2.45) is 10.2 Å². The molecular formula is C21H19BN3O4. The van der Waals surface area contributed by atoms with Crippen LogP contribution >= 0.6 is 0 Å². The van der Waals surface area contributed by atoms with Crippen LogP contribution in [0.3, 0.4) is 0 Å². The molecule has 3 N–H and O–H groups in total. The summed E-state index contributed by atoms with van der Waals surface area (Å²) in [7, 11) is 0.665. The van der Waals surface area contributed by atoms with Crippen LogP contribution in [0.4, 0.5) is 17.1 Å². The molecule has 8 heteroatoms. The Balaban J connectivity index is 1.66. The van der Waals surface area contributed by atoms with Gasteiger partial charge in [-0.1, -0.05) is 18.2 Å². The van der Waals surface area contributed by atoms with E-state index in [0.717, 1.165) is 22.5 Å². The molecule has 145 valence electrons. The number of anilines is 1. The number of nitrogens with zero attached hydrogens (tertiary/aromatic N) is 2. The molecule has 0 amide bonds. The number of aryl methyl sites for hydroxylation is 1. The predicted octanol–water partition coefficient (Wildman–Crippen LogP) is 4.63. The summed E-state index contributed by atoms with van der Waals surface area (Å²) in [6.07, 6.45) is 0. The van der Waals surface area contributed by atoms with Gasteiger partial charge >= 0.3 is 13.7 Å². The van der Waals surface area contributed by atoms with Crippen molar-refractivity contribution < 1.29 is 19.6 Å². The summed E-state index contributed by atoms with van der Waals surface area (Å²) in [5.41, 5.74) is 4.26. The van der Waals surface area contributed by atoms with Crippen LogP contribution in [-0.2, 0) is 6.54 Å². The third-order valence-electron chi connectivity index (χ3n) is 4.22. The molecule has 7 nitrogen and oxygen atoms in total. The maximum Gasteiger partial charge on any atom is 0.569 e. The van der Waals surface area contributed by atoms with Gasteiger partial charge in [0.15, 0.2) is 0 Å². The Bertz CT molecular complexity index is 1020. The van der Waals surface area contributed by atoms with Crippen molar-refractivity contribution in [3.05, 3.63) is 83.4 Å². The van der Waals surface area contributed by atoms with Crippen LogP contribution in [0.2, 0.25) is 0 Å². The van der Waals surface area contributed by atoms with E-state index in [9.17, 15) is 4.79 Å². The third-order valence-corrected chi connectivity index (χ3v) is 4.22. The van der Waals surface area contributed by atoms with Crippen LogP contribution in [0.5, 0.6) is 5.75 Å². The number of azo groups is 1. The first-order valence-corrected chi connectivity index (χ1v) is 8.87. The molecule has 0 bridgehead atoms. The van der Waals surface area contributed by atoms with Crippen molar-refractivity contribution in [1.82, 2.24) is 0 Å². The highest BCUT2D eigenvalue weighted by Gasteiger charge is 2.05. The Morgan fingerprint density at radius 3 is 2.52 bits per heavy atom. The van der Waals surface area contributed by atoms with Crippen LogP contribution in [0.1, 0.15) is 21.5 Å². The largest absolute Gasteiger partial charge is 0.569 e. The number of hydrogen-bond donors (Lipinski definition) is 3. The molecule has 3 rings (SSSR count). The zero-order valence-electron chi connectivity index (χ0n) is 15.7. The number of rotatable bonds is 8. The number of carboxylic acid groups (broad SMARTS) is 1. The smallest absolute Gasteiger partial charge is 0.537 e. The lowest BCUT2D eigenvalue weighted by atomic mass is 10.1. The van der Waals surface area contributed by atoms with Gasteiger partial charge in [-0.15, -0.1) is 0 Å². The first-order valence-electron chi connectivity index (χ1n) is 8.87. The fourth-order valence-electron chi connectivity index (χ4n) is 2.68. The molecule has 0 atom stereocenters. The summed E-state index contributed by atoms with van der Waals surface area (Å²) in [6.45, 7) is 2.46. The van der Waals surface area contributed by atoms with E-state index in [1.807, 2.05) is 43.3 Å². The van der Waals surface area contributed by atoms with Crippen molar-refractivity contribution >= 4 is 30.7 Å². The molecule has 0 aromatic heterocycles. The fraction of sp³-hybridized carbons (Fsp3) is 0.0952. The SMILES string of the molecule is Cc1cc(NCc2ccccc2O[B]O)ccc1N=Nc1ccc(C(=O)O)cc1. The van der Waals surface area contributed by atoms with Gasteiger partial charge in [-0.05, 0) is 61.0 Å². The molecule has 0 aliphatic heterocycles. The number of aromatic carboxylic acids is 1. The van der Waals surface area contributed by atoms with Gasteiger partial charge in [0.25, 0.3) is 0 Å². The summed E-state index contributed by atoms with van der Waals surface area (Å²) in [4.78, 5) is 10.9. The second kappa shape index (κ2) is 9.52. The van der Waals surface area contributed by atoms with Gasteiger partial charge in [0.05, 0.1) is 16.9 Å². The molecule has 0 aliphatic rings. The van der Waals surface area contributed by atoms with Crippen LogP contribution in [-0.4, -0.2) is 23.8 Å². The minimum Gasteiger partial charge on any atom is -0.537 e. The van der Waals surface area contributed by atoms with Crippen LogP contribution in [0.25, 0.3) is 0 Å². The number of benzene rings is 3. The van der Waals surface area contributed by atoms with E-state index in [0.29, 0.717) is 25.7 Å². The highest BCUT2D eigenvalue weighted by atomic mass is 16.5. The molecular weight excluding hydrogens is 369 g/mol. The highest BCUT2D eigenvalue weighted by molar-refractivity contribution is 6.17. The molecule has 1 radical (unpaired) electrons. The summed E-state index contributed by atoms with van der Waals surface area (Å²) in [5, 5.41) is 29.5. The Morgan fingerprint density at radius 1 is 1.07 bits per heavy atom. The average molecular weight is 388 g/mol. The number of hydrogen-bond acceptors (Lipinski definition) is 6. The molecule has 0 saturated carbocycles. The van der Waals surface area contributed by atoms with Gasteiger partial charge in [0.2, 0.25) is 0 Å². The van der Waals surface area contributed by atoms with E-state index in [4.69, 9.17) is 14.8 Å². The van der Waals surface area contributed by atoms with Crippen molar-refractivity contribution in [1.29, 1.82) is 0 Å². The van der Waals surface area contributed by atoms with E-state index in [1.54, 1.807) is 18.2 Å². The molecule has 0 unspecified atom stereocenters. The van der Waals surface area contributed by atoms with Crippen LogP contribution < -0.4 is 9.97 Å². The van der Waals surface area contributed by atoms with Gasteiger partial charge in [0, 0.05) is 17.8 Å². The van der Waals surface area contributed by atoms with Gasteiger partial charge in [0.1, 0.15) is 5.75 Å². The van der Waals surface area contributed by atoms with Crippen LogP contribution in [0.15, 0.2) is 77.0 Å². The molecule has 0 aliphatic carbocycles. The molecule has 0 saturated heterocycles. The quantitative estimate of drug-likeness (QED) is 0.386. The van der Waals surface area contributed by atoms with Gasteiger partial charge in [-0.25, -0.2) is 4.79 Å². The molecule has 0 spiro atoms. The summed E-state index contributed by atoms with van der Waals surface area (Å²) < 4.78 is 5.09. The third kappa shape index (κ3) is 5.43. The van der Waals surface area contributed by atoms with E-state index < -0.39 is 5.97 Å². The normalized spacial score (nSPS) is 10.7. The minimum absolute atomic E-state index is 0.208. The summed E-state index contributed by atoms with van der Waals surface area (Å²) in [5.74, 6) is -0.394. The number of carboxylic acids is 1. The van der Waals surface area contributed by atoms with Crippen molar-refractivity contribution in [3.8, 4) is 5.75 Å². The fourth-order valence-corrected chi connectivity index (χ4v) is 2.68. The predicted molar refractivity (Wildman–Crippen MR) is 111 cm³/mol. The monoisotopic (exact) mass is 388 g/mol. The van der Waals surface area contributed by atoms with Crippen molar-refractivity contribution in [3.63, 3.8) is 0 Å². The Labute approximate surface area is 169 Å². The lowest BCUT2D eigenvalue weighted by molar-refractivity contribution is 0.0697. The molecule has 3 aromatic carbocycles. The lowest BCUT2D eigenvalue weighted by Crippen LogP contribution is -2.06. The van der Waals surface area contributed by atoms with Gasteiger partial charge in [-0.3, -0.25) is 0 Å². The highest BCUT2D eigenvalue weighted by Crippen LogP contribution is 2.26. The van der Waals surface area contributed by atoms with Gasteiger partial charge < -0.3 is 20.1 Å². The second-order valence-corrected chi connectivity index (χ2v) is 6.24.